The van der Waals surface area contributed by atoms with Gasteiger partial charge in [-0.1, -0.05) is 74.5 Å². The molecule has 0 amide bonds. The molecule has 4 aromatic carbocycles. The van der Waals surface area contributed by atoms with E-state index in [1.807, 2.05) is 48.5 Å². The summed E-state index contributed by atoms with van der Waals surface area (Å²) in [4.78, 5) is 0. The van der Waals surface area contributed by atoms with Crippen molar-refractivity contribution in [3.8, 4) is 23.0 Å². The highest BCUT2D eigenvalue weighted by molar-refractivity contribution is 5.46. The van der Waals surface area contributed by atoms with Crippen molar-refractivity contribution in [1.82, 2.24) is 0 Å². The van der Waals surface area contributed by atoms with Gasteiger partial charge in [-0.25, -0.2) is 0 Å². The maximum Gasteiger partial charge on any atom is 0.115 e. The van der Waals surface area contributed by atoms with Crippen LogP contribution in [0.3, 0.4) is 0 Å². The Morgan fingerprint density at radius 3 is 0.861 bits per heavy atom. The summed E-state index contributed by atoms with van der Waals surface area (Å²) in [7, 11) is 0. The topological polar surface area (TPSA) is 80.9 Å². The summed E-state index contributed by atoms with van der Waals surface area (Å²) in [5, 5.41) is 39.5. The van der Waals surface area contributed by atoms with Crippen molar-refractivity contribution in [2.75, 3.05) is 0 Å². The molecule has 0 radical (unpaired) electrons. The van der Waals surface area contributed by atoms with Crippen molar-refractivity contribution in [2.24, 2.45) is 0 Å². The molecule has 0 saturated carbocycles. The first kappa shape index (κ1) is 24.9. The number of hydrogen-bond donors (Lipinski definition) is 4. The van der Waals surface area contributed by atoms with Gasteiger partial charge in [0.05, 0.1) is 0 Å². The van der Waals surface area contributed by atoms with Crippen LogP contribution in [0.1, 0.15) is 48.9 Å². The van der Waals surface area contributed by atoms with Crippen molar-refractivity contribution >= 4 is 0 Å². The fraction of sp³-hybridized carbons (Fsp3) is 0.188. The highest BCUT2D eigenvalue weighted by atomic mass is 16.3. The van der Waals surface area contributed by atoms with Gasteiger partial charge in [-0.2, -0.15) is 0 Å². The number of hydrogen-bond acceptors (Lipinski definition) is 4. The van der Waals surface area contributed by atoms with Gasteiger partial charge >= 0.3 is 0 Å². The molecule has 0 fully saturated rings. The van der Waals surface area contributed by atoms with E-state index in [1.54, 1.807) is 48.5 Å². The normalized spacial score (nSPS) is 11.8. The zero-order chi connectivity index (χ0) is 25.9. The van der Waals surface area contributed by atoms with Gasteiger partial charge in [0, 0.05) is 10.8 Å². The molecule has 0 heterocycles. The average molecular weight is 481 g/mol. The molecule has 4 rings (SSSR count). The molecule has 0 atom stereocenters. The number of aromatic hydroxyl groups is 4. The third-order valence-corrected chi connectivity index (χ3v) is 7.22. The van der Waals surface area contributed by atoms with Crippen molar-refractivity contribution in [3.05, 3.63) is 131 Å². The molecule has 4 aromatic rings. The standard InChI is InChI=1S/C32H32O4/c1-22(20-31(2,23-4-12-27(33)13-5-23)24-6-14-28(34)15-7-24)21-32(3,25-8-16-29(35)17-9-25)26-10-18-30(36)19-11-26/h4-19,33-36H,1,20-21H2,2-3H3. The summed E-state index contributed by atoms with van der Waals surface area (Å²) in [6.45, 7) is 8.80. The minimum Gasteiger partial charge on any atom is -0.508 e. The smallest absolute Gasteiger partial charge is 0.115 e. The molecule has 36 heavy (non-hydrogen) atoms. The van der Waals surface area contributed by atoms with Gasteiger partial charge < -0.3 is 20.4 Å². The second-order valence-electron chi connectivity index (χ2n) is 9.96. The number of phenols is 4. The molecule has 0 unspecified atom stereocenters. The highest BCUT2D eigenvalue weighted by Crippen LogP contribution is 2.44. The summed E-state index contributed by atoms with van der Waals surface area (Å²) in [6.07, 6.45) is 1.27. The maximum atomic E-state index is 9.87. The predicted octanol–water partition coefficient (Wildman–Crippen LogP) is 7.16. The van der Waals surface area contributed by atoms with Crippen LogP contribution in [0, 0.1) is 0 Å². The van der Waals surface area contributed by atoms with Crippen LogP contribution in [0.2, 0.25) is 0 Å². The summed E-state index contributed by atoms with van der Waals surface area (Å²) < 4.78 is 0. The third kappa shape index (κ3) is 5.08. The van der Waals surface area contributed by atoms with Crippen LogP contribution < -0.4 is 0 Å². The summed E-state index contributed by atoms with van der Waals surface area (Å²) in [5.41, 5.74) is 4.23. The monoisotopic (exact) mass is 480 g/mol. The van der Waals surface area contributed by atoms with Crippen LogP contribution in [-0.4, -0.2) is 20.4 Å². The van der Waals surface area contributed by atoms with E-state index in [2.05, 4.69) is 20.4 Å². The molecule has 0 spiro atoms. The number of benzene rings is 4. The first-order chi connectivity index (χ1) is 17.1. The SMILES string of the molecule is C=C(CC(C)(c1ccc(O)cc1)c1ccc(O)cc1)CC(C)(c1ccc(O)cc1)c1ccc(O)cc1. The van der Waals surface area contributed by atoms with E-state index in [9.17, 15) is 20.4 Å². The lowest BCUT2D eigenvalue weighted by Crippen LogP contribution is -2.28. The van der Waals surface area contributed by atoms with Crippen LogP contribution in [-0.2, 0) is 10.8 Å². The highest BCUT2D eigenvalue weighted by Gasteiger charge is 2.34. The molecular formula is C32H32O4. The van der Waals surface area contributed by atoms with Crippen molar-refractivity contribution in [2.45, 2.75) is 37.5 Å². The largest absolute Gasteiger partial charge is 0.508 e. The van der Waals surface area contributed by atoms with Gasteiger partial charge in [0.1, 0.15) is 23.0 Å². The van der Waals surface area contributed by atoms with Gasteiger partial charge in [-0.15, -0.1) is 0 Å². The fourth-order valence-corrected chi connectivity index (χ4v) is 5.12. The van der Waals surface area contributed by atoms with E-state index in [1.165, 1.54) is 0 Å². The predicted molar refractivity (Wildman–Crippen MR) is 144 cm³/mol. The van der Waals surface area contributed by atoms with Gasteiger partial charge in [0.15, 0.2) is 0 Å². The molecule has 0 aliphatic rings. The Labute approximate surface area is 212 Å². The van der Waals surface area contributed by atoms with Gasteiger partial charge in [-0.05, 0) is 83.6 Å². The maximum absolute atomic E-state index is 9.87. The van der Waals surface area contributed by atoms with E-state index in [-0.39, 0.29) is 23.0 Å². The molecular weight excluding hydrogens is 448 g/mol. The Morgan fingerprint density at radius 2 is 0.667 bits per heavy atom. The lowest BCUT2D eigenvalue weighted by Gasteiger charge is -2.36. The molecule has 0 aliphatic heterocycles. The quantitative estimate of drug-likeness (QED) is 0.202. The lowest BCUT2D eigenvalue weighted by molar-refractivity contribution is 0.469. The fourth-order valence-electron chi connectivity index (χ4n) is 5.12. The Hall–Kier alpha value is -4.18. The summed E-state index contributed by atoms with van der Waals surface area (Å²) in [6, 6.07) is 28.9. The summed E-state index contributed by atoms with van der Waals surface area (Å²) >= 11 is 0. The van der Waals surface area contributed by atoms with Gasteiger partial charge in [0.2, 0.25) is 0 Å². The second-order valence-corrected chi connectivity index (χ2v) is 9.96. The molecule has 0 bridgehead atoms. The number of phenolic OH excluding ortho intramolecular Hbond substituents is 4. The van der Waals surface area contributed by atoms with Crippen LogP contribution in [0.5, 0.6) is 23.0 Å². The summed E-state index contributed by atoms with van der Waals surface area (Å²) in [5.74, 6) is 0.825. The molecule has 184 valence electrons. The van der Waals surface area contributed by atoms with Crippen molar-refractivity contribution in [1.29, 1.82) is 0 Å². The second kappa shape index (κ2) is 9.82. The molecule has 4 heteroatoms. The van der Waals surface area contributed by atoms with E-state index in [0.29, 0.717) is 12.8 Å². The third-order valence-electron chi connectivity index (χ3n) is 7.22. The van der Waals surface area contributed by atoms with Crippen LogP contribution in [0.25, 0.3) is 0 Å². The average Bonchev–Trinajstić information content (AvgIpc) is 2.85. The lowest BCUT2D eigenvalue weighted by atomic mass is 9.67. The van der Waals surface area contributed by atoms with E-state index < -0.39 is 10.8 Å². The van der Waals surface area contributed by atoms with Crippen LogP contribution in [0.15, 0.2) is 109 Å². The van der Waals surface area contributed by atoms with Crippen LogP contribution in [0.4, 0.5) is 0 Å². The zero-order valence-electron chi connectivity index (χ0n) is 20.6. The van der Waals surface area contributed by atoms with Gasteiger partial charge in [0.25, 0.3) is 0 Å². The van der Waals surface area contributed by atoms with Crippen molar-refractivity contribution < 1.29 is 20.4 Å². The van der Waals surface area contributed by atoms with E-state index in [4.69, 9.17) is 0 Å². The van der Waals surface area contributed by atoms with Crippen LogP contribution >= 0.6 is 0 Å². The van der Waals surface area contributed by atoms with Crippen molar-refractivity contribution in [3.63, 3.8) is 0 Å². The minimum absolute atomic E-state index is 0.206. The molecule has 0 aliphatic carbocycles. The minimum atomic E-state index is -0.455. The molecule has 0 aromatic heterocycles. The molecule has 0 saturated heterocycles. The number of rotatable bonds is 8. The Balaban J connectivity index is 1.73. The zero-order valence-corrected chi connectivity index (χ0v) is 20.6. The molecule has 4 N–H and O–H groups in total. The first-order valence-corrected chi connectivity index (χ1v) is 11.9. The van der Waals surface area contributed by atoms with Gasteiger partial charge in [-0.3, -0.25) is 0 Å². The van der Waals surface area contributed by atoms with E-state index >= 15 is 0 Å². The molecule has 4 nitrogen and oxygen atoms in total. The Bertz CT molecular complexity index is 1120. The Morgan fingerprint density at radius 1 is 0.472 bits per heavy atom. The van der Waals surface area contributed by atoms with E-state index in [0.717, 1.165) is 27.8 Å². The number of allylic oxidation sites excluding steroid dienone is 1. The first-order valence-electron chi connectivity index (χ1n) is 11.9. The Kier molecular flexibility index (Phi) is 6.80.